The minimum atomic E-state index is 0.232. The van der Waals surface area contributed by atoms with Crippen molar-refractivity contribution in [3.63, 3.8) is 0 Å². The van der Waals surface area contributed by atoms with Crippen molar-refractivity contribution >= 4 is 25.3 Å². The molecule has 0 aliphatic rings. The van der Waals surface area contributed by atoms with Gasteiger partial charge in [-0.3, -0.25) is 0 Å². The standard InChI is InChI=1S/C6H6OS.C2H7NS/c7-5-3-1-2-4-6(5)8;3-1-2-4/h1-4,7-8H;4H,1-3H2. The summed E-state index contributed by atoms with van der Waals surface area (Å²) in [5.41, 5.74) is 4.95. The maximum Gasteiger partial charge on any atom is 0.128 e. The fraction of sp³-hybridized carbons (Fsp3) is 0.250. The Labute approximate surface area is 83.6 Å². The second-order valence-corrected chi connectivity index (χ2v) is 2.93. The number of phenols is 1. The molecular weight excluding hydrogens is 190 g/mol. The molecule has 68 valence electrons. The van der Waals surface area contributed by atoms with Crippen LogP contribution in [-0.4, -0.2) is 17.4 Å². The predicted octanol–water partition coefficient (Wildman–Crippen LogP) is 1.56. The topological polar surface area (TPSA) is 46.2 Å². The van der Waals surface area contributed by atoms with Gasteiger partial charge in [-0.15, -0.1) is 12.6 Å². The molecular formula is C8H13NOS2. The van der Waals surface area contributed by atoms with Crippen LogP contribution < -0.4 is 5.73 Å². The van der Waals surface area contributed by atoms with Gasteiger partial charge in [0.05, 0.1) is 0 Å². The average Bonchev–Trinajstić information content (AvgIpc) is 2.11. The molecule has 1 aromatic rings. The Morgan fingerprint density at radius 2 is 1.83 bits per heavy atom. The van der Waals surface area contributed by atoms with Crippen LogP contribution in [0.4, 0.5) is 0 Å². The fourth-order valence-electron chi connectivity index (χ4n) is 0.464. The van der Waals surface area contributed by atoms with Gasteiger partial charge >= 0.3 is 0 Å². The number of para-hydroxylation sites is 1. The Kier molecular flexibility index (Phi) is 7.14. The number of phenolic OH excluding ortho intramolecular Hbond substituents is 1. The number of nitrogens with two attached hydrogens (primary N) is 1. The van der Waals surface area contributed by atoms with Crippen LogP contribution in [0.3, 0.4) is 0 Å². The summed E-state index contributed by atoms with van der Waals surface area (Å²) in [4.78, 5) is 0.618. The number of benzene rings is 1. The van der Waals surface area contributed by atoms with E-state index in [4.69, 9.17) is 10.8 Å². The number of aromatic hydroxyl groups is 1. The van der Waals surface area contributed by atoms with E-state index in [0.29, 0.717) is 11.4 Å². The molecule has 0 saturated carbocycles. The van der Waals surface area contributed by atoms with Gasteiger partial charge in [0.15, 0.2) is 0 Å². The lowest BCUT2D eigenvalue weighted by Gasteiger charge is -1.91. The largest absolute Gasteiger partial charge is 0.507 e. The molecule has 0 radical (unpaired) electrons. The molecule has 12 heavy (non-hydrogen) atoms. The van der Waals surface area contributed by atoms with Crippen LogP contribution in [0.5, 0.6) is 5.75 Å². The van der Waals surface area contributed by atoms with Crippen molar-refractivity contribution in [1.29, 1.82) is 0 Å². The molecule has 0 fully saturated rings. The van der Waals surface area contributed by atoms with Gasteiger partial charge in [0, 0.05) is 17.2 Å². The van der Waals surface area contributed by atoms with E-state index in [1.165, 1.54) is 0 Å². The van der Waals surface area contributed by atoms with Crippen LogP contribution in [0.25, 0.3) is 0 Å². The predicted molar refractivity (Wildman–Crippen MR) is 58.3 cm³/mol. The van der Waals surface area contributed by atoms with Crippen molar-refractivity contribution in [2.24, 2.45) is 5.73 Å². The summed E-state index contributed by atoms with van der Waals surface area (Å²) in [6.07, 6.45) is 0. The molecule has 0 unspecified atom stereocenters. The number of rotatable bonds is 1. The third-order valence-corrected chi connectivity index (χ3v) is 1.65. The van der Waals surface area contributed by atoms with Gasteiger partial charge < -0.3 is 10.8 Å². The average molecular weight is 203 g/mol. The van der Waals surface area contributed by atoms with Gasteiger partial charge in [-0.1, -0.05) is 12.1 Å². The van der Waals surface area contributed by atoms with Crippen LogP contribution in [0.1, 0.15) is 0 Å². The molecule has 0 bridgehead atoms. The van der Waals surface area contributed by atoms with Crippen LogP contribution in [0.15, 0.2) is 29.2 Å². The summed E-state index contributed by atoms with van der Waals surface area (Å²) in [6.45, 7) is 0.684. The second-order valence-electron chi connectivity index (χ2n) is 2.00. The monoisotopic (exact) mass is 203 g/mol. The Morgan fingerprint density at radius 1 is 1.33 bits per heavy atom. The van der Waals surface area contributed by atoms with Crippen molar-refractivity contribution in [2.45, 2.75) is 4.90 Å². The molecule has 2 nitrogen and oxygen atoms in total. The summed E-state index contributed by atoms with van der Waals surface area (Å²) in [7, 11) is 0. The van der Waals surface area contributed by atoms with Gasteiger partial charge in [0.25, 0.3) is 0 Å². The molecule has 0 aromatic heterocycles. The van der Waals surface area contributed by atoms with Crippen LogP contribution >= 0.6 is 25.3 Å². The van der Waals surface area contributed by atoms with Crippen LogP contribution in [0, 0.1) is 0 Å². The highest BCUT2D eigenvalue weighted by molar-refractivity contribution is 7.80. The van der Waals surface area contributed by atoms with Gasteiger partial charge in [0.2, 0.25) is 0 Å². The SMILES string of the molecule is NCCS.Oc1ccccc1S. The van der Waals surface area contributed by atoms with Crippen molar-refractivity contribution in [3.8, 4) is 5.75 Å². The molecule has 0 aliphatic heterocycles. The first-order valence-electron chi connectivity index (χ1n) is 3.50. The van der Waals surface area contributed by atoms with E-state index in [0.717, 1.165) is 5.75 Å². The van der Waals surface area contributed by atoms with Crippen molar-refractivity contribution < 1.29 is 5.11 Å². The van der Waals surface area contributed by atoms with Gasteiger partial charge in [-0.05, 0) is 12.1 Å². The van der Waals surface area contributed by atoms with Crippen LogP contribution in [0.2, 0.25) is 0 Å². The molecule has 0 aliphatic carbocycles. The Hall–Kier alpha value is -0.320. The quantitative estimate of drug-likeness (QED) is 0.523. The Bertz CT molecular complexity index is 195. The minimum absolute atomic E-state index is 0.232. The molecule has 0 spiro atoms. The molecule has 4 heteroatoms. The highest BCUT2D eigenvalue weighted by Gasteiger charge is 1.88. The molecule has 0 atom stereocenters. The number of hydrogen-bond acceptors (Lipinski definition) is 4. The van der Waals surface area contributed by atoms with E-state index >= 15 is 0 Å². The van der Waals surface area contributed by atoms with Crippen molar-refractivity contribution in [1.82, 2.24) is 0 Å². The molecule has 0 heterocycles. The van der Waals surface area contributed by atoms with E-state index in [-0.39, 0.29) is 5.75 Å². The smallest absolute Gasteiger partial charge is 0.128 e. The summed E-state index contributed by atoms with van der Waals surface area (Å²) in [5, 5.41) is 8.84. The van der Waals surface area contributed by atoms with Gasteiger partial charge in [-0.2, -0.15) is 12.6 Å². The van der Waals surface area contributed by atoms with E-state index in [9.17, 15) is 0 Å². The summed E-state index contributed by atoms with van der Waals surface area (Å²) in [6, 6.07) is 6.91. The highest BCUT2D eigenvalue weighted by atomic mass is 32.1. The number of thiol groups is 2. The lowest BCUT2D eigenvalue weighted by atomic mass is 10.3. The van der Waals surface area contributed by atoms with Crippen molar-refractivity contribution in [3.05, 3.63) is 24.3 Å². The molecule has 1 rings (SSSR count). The normalized spacial score (nSPS) is 8.58. The first kappa shape index (κ1) is 11.7. The van der Waals surface area contributed by atoms with E-state index < -0.39 is 0 Å². The summed E-state index contributed by atoms with van der Waals surface area (Å²) >= 11 is 7.74. The molecule has 3 N–H and O–H groups in total. The first-order valence-corrected chi connectivity index (χ1v) is 4.58. The summed E-state index contributed by atoms with van der Waals surface area (Å²) < 4.78 is 0. The zero-order valence-electron chi connectivity index (χ0n) is 6.64. The Balaban J connectivity index is 0.000000261. The van der Waals surface area contributed by atoms with E-state index in [1.807, 2.05) is 6.07 Å². The second kappa shape index (κ2) is 7.34. The maximum atomic E-state index is 8.84. The highest BCUT2D eigenvalue weighted by Crippen LogP contribution is 2.18. The zero-order chi connectivity index (χ0) is 9.40. The Morgan fingerprint density at radius 3 is 2.08 bits per heavy atom. The van der Waals surface area contributed by atoms with Crippen LogP contribution in [-0.2, 0) is 0 Å². The van der Waals surface area contributed by atoms with E-state index in [2.05, 4.69) is 25.3 Å². The fourth-order valence-corrected chi connectivity index (χ4v) is 0.625. The zero-order valence-corrected chi connectivity index (χ0v) is 8.43. The third-order valence-electron chi connectivity index (χ3n) is 1.01. The first-order chi connectivity index (χ1) is 5.72. The third kappa shape index (κ3) is 5.35. The van der Waals surface area contributed by atoms with Crippen molar-refractivity contribution in [2.75, 3.05) is 12.3 Å². The lowest BCUT2D eigenvalue weighted by molar-refractivity contribution is 0.463. The molecule has 1 aromatic carbocycles. The van der Waals surface area contributed by atoms with Gasteiger partial charge in [-0.25, -0.2) is 0 Å². The minimum Gasteiger partial charge on any atom is -0.507 e. The summed E-state index contributed by atoms with van der Waals surface area (Å²) in [5.74, 6) is 1.02. The molecule has 0 saturated heterocycles. The number of hydrogen-bond donors (Lipinski definition) is 4. The van der Waals surface area contributed by atoms with Gasteiger partial charge in [0.1, 0.15) is 5.75 Å². The van der Waals surface area contributed by atoms with E-state index in [1.54, 1.807) is 18.2 Å². The maximum absolute atomic E-state index is 8.84. The molecule has 0 amide bonds. The lowest BCUT2D eigenvalue weighted by Crippen LogP contribution is -1.97.